The van der Waals surface area contributed by atoms with E-state index in [0.29, 0.717) is 0 Å². The average molecular weight is 346 g/mol. The largest absolute Gasteiger partial charge is 0.381 e. The Hall–Kier alpha value is -1.50. The molecule has 1 amide bonds. The van der Waals surface area contributed by atoms with E-state index in [2.05, 4.69) is 20.9 Å². The molecular weight excluding hydrogens is 316 g/mol. The quantitative estimate of drug-likeness (QED) is 0.840. The van der Waals surface area contributed by atoms with E-state index in [9.17, 15) is 4.79 Å². The van der Waals surface area contributed by atoms with Crippen LogP contribution in [-0.2, 0) is 16.1 Å². The Morgan fingerprint density at radius 3 is 2.64 bits per heavy atom. The topological polar surface area (TPSA) is 71.7 Å². The summed E-state index contributed by atoms with van der Waals surface area (Å²) >= 11 is 0. The maximum absolute atomic E-state index is 11.6. The molecule has 138 valence electrons. The molecule has 0 aromatic carbocycles. The summed E-state index contributed by atoms with van der Waals surface area (Å²) in [4.78, 5) is 20.9. The zero-order valence-electron chi connectivity index (χ0n) is 15.2. The summed E-state index contributed by atoms with van der Waals surface area (Å²) in [6.07, 6.45) is 6.59. The predicted molar refractivity (Wildman–Crippen MR) is 96.8 cm³/mol. The normalized spacial score (nSPS) is 23.2. The van der Waals surface area contributed by atoms with Crippen LogP contribution in [0.5, 0.6) is 0 Å². The lowest BCUT2D eigenvalue weighted by atomic mass is 9.79. The number of aromatic nitrogens is 1. The molecule has 0 radical (unpaired) electrons. The van der Waals surface area contributed by atoms with Crippen molar-refractivity contribution in [3.05, 3.63) is 30.1 Å². The van der Waals surface area contributed by atoms with Crippen LogP contribution in [0.25, 0.3) is 0 Å². The number of amides is 1. The zero-order valence-corrected chi connectivity index (χ0v) is 15.2. The molecule has 1 unspecified atom stereocenters. The van der Waals surface area contributed by atoms with Gasteiger partial charge in [-0.3, -0.25) is 19.6 Å². The van der Waals surface area contributed by atoms with Gasteiger partial charge in [0, 0.05) is 69.8 Å². The van der Waals surface area contributed by atoms with Crippen molar-refractivity contribution in [3.63, 3.8) is 0 Å². The van der Waals surface area contributed by atoms with Crippen LogP contribution in [0.4, 0.5) is 0 Å². The monoisotopic (exact) mass is 346 g/mol. The molecule has 0 bridgehead atoms. The Labute approximate surface area is 150 Å². The molecule has 2 N–H and O–H groups in total. The third-order valence-corrected chi connectivity index (χ3v) is 5.77. The molecule has 3 heterocycles. The van der Waals surface area contributed by atoms with Crippen molar-refractivity contribution in [2.24, 2.45) is 11.7 Å². The molecule has 6 heteroatoms. The van der Waals surface area contributed by atoms with E-state index >= 15 is 0 Å². The number of carbonyl (C=O) groups is 1. The van der Waals surface area contributed by atoms with Gasteiger partial charge in [-0.25, -0.2) is 0 Å². The summed E-state index contributed by atoms with van der Waals surface area (Å²) in [5.41, 5.74) is 6.87. The summed E-state index contributed by atoms with van der Waals surface area (Å²) < 4.78 is 5.60. The summed E-state index contributed by atoms with van der Waals surface area (Å²) in [5.74, 6) is -0.285. The Kier molecular flexibility index (Phi) is 6.04. The minimum absolute atomic E-state index is 0.0626. The molecule has 2 saturated heterocycles. The van der Waals surface area contributed by atoms with Gasteiger partial charge in [-0.15, -0.1) is 0 Å². The summed E-state index contributed by atoms with van der Waals surface area (Å²) in [5, 5.41) is 0. The van der Waals surface area contributed by atoms with Gasteiger partial charge < -0.3 is 10.5 Å². The molecule has 0 saturated carbocycles. The number of piperazine rings is 1. The maximum Gasteiger partial charge on any atom is 0.220 e. The highest BCUT2D eigenvalue weighted by molar-refractivity contribution is 5.76. The van der Waals surface area contributed by atoms with Crippen molar-refractivity contribution < 1.29 is 9.53 Å². The Morgan fingerprint density at radius 1 is 1.32 bits per heavy atom. The fourth-order valence-electron chi connectivity index (χ4n) is 4.20. The van der Waals surface area contributed by atoms with Crippen LogP contribution < -0.4 is 5.73 Å². The van der Waals surface area contributed by atoms with Crippen molar-refractivity contribution in [1.29, 1.82) is 0 Å². The minimum Gasteiger partial charge on any atom is -0.381 e. The van der Waals surface area contributed by atoms with Crippen LogP contribution in [0.2, 0.25) is 0 Å². The molecule has 25 heavy (non-hydrogen) atoms. The lowest BCUT2D eigenvalue weighted by Gasteiger charge is -2.50. The van der Waals surface area contributed by atoms with E-state index in [1.807, 2.05) is 25.4 Å². The zero-order chi connectivity index (χ0) is 17.7. The van der Waals surface area contributed by atoms with E-state index in [0.717, 1.165) is 65.2 Å². The number of nitrogens with two attached hydrogens (primary N) is 1. The van der Waals surface area contributed by atoms with Gasteiger partial charge >= 0.3 is 0 Å². The van der Waals surface area contributed by atoms with Gasteiger partial charge in [0.05, 0.1) is 0 Å². The van der Waals surface area contributed by atoms with Crippen molar-refractivity contribution in [3.8, 4) is 0 Å². The average Bonchev–Trinajstić information content (AvgIpc) is 2.64. The third kappa shape index (κ3) is 4.57. The van der Waals surface area contributed by atoms with Crippen LogP contribution >= 0.6 is 0 Å². The molecule has 3 rings (SSSR count). The maximum atomic E-state index is 11.6. The fraction of sp³-hybridized carbons (Fsp3) is 0.684. The molecule has 0 spiro atoms. The minimum atomic E-state index is -0.193. The van der Waals surface area contributed by atoms with E-state index in [4.69, 9.17) is 10.5 Å². The number of ether oxygens (including phenoxy) is 1. The number of carbonyl (C=O) groups excluding carboxylic acids is 1. The molecule has 2 aliphatic heterocycles. The van der Waals surface area contributed by atoms with Gasteiger partial charge in [0.2, 0.25) is 5.91 Å². The molecule has 2 fully saturated rings. The highest BCUT2D eigenvalue weighted by Crippen LogP contribution is 2.35. The lowest BCUT2D eigenvalue weighted by Crippen LogP contribution is -2.59. The second-order valence-corrected chi connectivity index (χ2v) is 7.47. The van der Waals surface area contributed by atoms with Crippen LogP contribution in [0.1, 0.15) is 31.7 Å². The van der Waals surface area contributed by atoms with Crippen molar-refractivity contribution in [2.75, 3.05) is 39.4 Å². The third-order valence-electron chi connectivity index (χ3n) is 5.77. The number of nitrogens with zero attached hydrogens (tertiary/aromatic N) is 3. The van der Waals surface area contributed by atoms with Crippen molar-refractivity contribution in [1.82, 2.24) is 14.8 Å². The molecule has 2 aliphatic rings. The molecule has 1 aromatic rings. The van der Waals surface area contributed by atoms with E-state index in [1.165, 1.54) is 5.56 Å². The van der Waals surface area contributed by atoms with E-state index < -0.39 is 0 Å². The molecular formula is C19H30N4O2. The Morgan fingerprint density at radius 2 is 2.04 bits per heavy atom. The van der Waals surface area contributed by atoms with Crippen molar-refractivity contribution >= 4 is 5.91 Å². The second-order valence-electron chi connectivity index (χ2n) is 7.47. The number of primary amides is 1. The number of pyridine rings is 1. The highest BCUT2D eigenvalue weighted by Gasteiger charge is 2.41. The van der Waals surface area contributed by atoms with Gasteiger partial charge in [-0.1, -0.05) is 13.0 Å². The first-order valence-electron chi connectivity index (χ1n) is 9.32. The lowest BCUT2D eigenvalue weighted by molar-refractivity contribution is -0.124. The van der Waals surface area contributed by atoms with Crippen LogP contribution in [0.3, 0.4) is 0 Å². The van der Waals surface area contributed by atoms with Crippen LogP contribution in [0, 0.1) is 5.92 Å². The standard InChI is InChI=1S/C19H30N4O2/c1-16(18(20)24)13-19(4-11-25-12-5-19)23-9-7-22(8-10-23)15-17-3-2-6-21-14-17/h2-3,6,14,16H,4-5,7-13,15H2,1H3,(H2,20,24). The molecule has 6 nitrogen and oxygen atoms in total. The highest BCUT2D eigenvalue weighted by atomic mass is 16.5. The summed E-state index contributed by atoms with van der Waals surface area (Å²) in [7, 11) is 0. The van der Waals surface area contributed by atoms with Crippen molar-refractivity contribution in [2.45, 2.75) is 38.3 Å². The fourth-order valence-corrected chi connectivity index (χ4v) is 4.20. The Balaban J connectivity index is 1.60. The van der Waals surface area contributed by atoms with Gasteiger partial charge in [0.15, 0.2) is 0 Å². The first kappa shape index (κ1) is 18.3. The van der Waals surface area contributed by atoms with Gasteiger partial charge in [0.25, 0.3) is 0 Å². The van der Waals surface area contributed by atoms with E-state index in [1.54, 1.807) is 0 Å². The SMILES string of the molecule is CC(CC1(N2CCN(Cc3cccnc3)CC2)CCOCC1)C(N)=O. The van der Waals surface area contributed by atoms with E-state index in [-0.39, 0.29) is 17.4 Å². The second kappa shape index (κ2) is 8.25. The number of hydrogen-bond acceptors (Lipinski definition) is 5. The number of hydrogen-bond donors (Lipinski definition) is 1. The smallest absolute Gasteiger partial charge is 0.220 e. The summed E-state index contributed by atoms with van der Waals surface area (Å²) in [6.45, 7) is 8.62. The molecule has 1 aromatic heterocycles. The first-order valence-corrected chi connectivity index (χ1v) is 9.32. The van der Waals surface area contributed by atoms with Crippen LogP contribution in [-0.4, -0.2) is 65.6 Å². The number of rotatable bonds is 6. The Bertz CT molecular complexity index is 552. The van der Waals surface area contributed by atoms with Gasteiger partial charge in [0.1, 0.15) is 0 Å². The first-order chi connectivity index (χ1) is 12.1. The molecule has 0 aliphatic carbocycles. The van der Waals surface area contributed by atoms with Crippen LogP contribution in [0.15, 0.2) is 24.5 Å². The van der Waals surface area contributed by atoms with Gasteiger partial charge in [-0.2, -0.15) is 0 Å². The van der Waals surface area contributed by atoms with Gasteiger partial charge in [-0.05, 0) is 30.9 Å². The predicted octanol–water partition coefficient (Wildman–Crippen LogP) is 1.26. The summed E-state index contributed by atoms with van der Waals surface area (Å²) in [6, 6.07) is 4.13. The molecule has 1 atom stereocenters.